The quantitative estimate of drug-likeness (QED) is 0.665. The number of alkyl halides is 2. The van der Waals surface area contributed by atoms with Crippen LogP contribution in [0.3, 0.4) is 0 Å². The summed E-state index contributed by atoms with van der Waals surface area (Å²) in [5, 5.41) is 8.26. The van der Waals surface area contributed by atoms with E-state index in [0.717, 1.165) is 12.8 Å². The predicted molar refractivity (Wildman–Crippen MR) is 40.7 cm³/mol. The zero-order chi connectivity index (χ0) is 8.91. The molecule has 0 rings (SSSR count). The first-order valence-electron chi connectivity index (χ1n) is 4.00. The van der Waals surface area contributed by atoms with Gasteiger partial charge in [-0.05, 0) is 5.92 Å². The first kappa shape index (κ1) is 10.8. The van der Waals surface area contributed by atoms with E-state index in [2.05, 4.69) is 0 Å². The van der Waals surface area contributed by atoms with Crippen molar-refractivity contribution in [1.82, 2.24) is 0 Å². The van der Waals surface area contributed by atoms with E-state index in [1.54, 1.807) is 6.92 Å². The molecule has 0 aliphatic carbocycles. The molecule has 0 aliphatic rings. The Hall–Kier alpha value is -0.180. The SMILES string of the molecule is CCC[C@@H](C)CC(F)(F)CO. The molecule has 1 N–H and O–H groups in total. The van der Waals surface area contributed by atoms with Gasteiger partial charge in [0.05, 0.1) is 0 Å². The first-order valence-corrected chi connectivity index (χ1v) is 4.00. The highest BCUT2D eigenvalue weighted by atomic mass is 19.3. The second kappa shape index (κ2) is 4.65. The van der Waals surface area contributed by atoms with E-state index in [0.29, 0.717) is 0 Å². The van der Waals surface area contributed by atoms with Crippen LogP contribution in [-0.2, 0) is 0 Å². The normalized spacial score (nSPS) is 15.0. The van der Waals surface area contributed by atoms with Crippen molar-refractivity contribution in [3.63, 3.8) is 0 Å². The fourth-order valence-electron chi connectivity index (χ4n) is 1.17. The Morgan fingerprint density at radius 1 is 1.45 bits per heavy atom. The lowest BCUT2D eigenvalue weighted by atomic mass is 9.98. The van der Waals surface area contributed by atoms with Gasteiger partial charge in [-0.1, -0.05) is 26.7 Å². The first-order chi connectivity index (χ1) is 5.02. The number of hydrogen-bond acceptors (Lipinski definition) is 1. The molecule has 1 nitrogen and oxygen atoms in total. The molecule has 11 heavy (non-hydrogen) atoms. The summed E-state index contributed by atoms with van der Waals surface area (Å²) < 4.78 is 25.0. The zero-order valence-corrected chi connectivity index (χ0v) is 7.11. The lowest BCUT2D eigenvalue weighted by Crippen LogP contribution is -2.24. The maximum Gasteiger partial charge on any atom is 0.270 e. The molecular weight excluding hydrogens is 150 g/mol. The highest BCUT2D eigenvalue weighted by Crippen LogP contribution is 2.24. The third-order valence-electron chi connectivity index (χ3n) is 1.66. The van der Waals surface area contributed by atoms with Crippen molar-refractivity contribution < 1.29 is 13.9 Å². The lowest BCUT2D eigenvalue weighted by Gasteiger charge is -2.17. The summed E-state index contributed by atoms with van der Waals surface area (Å²) in [6.45, 7) is 2.72. The van der Waals surface area contributed by atoms with E-state index in [1.807, 2.05) is 6.92 Å². The van der Waals surface area contributed by atoms with Crippen LogP contribution in [0.5, 0.6) is 0 Å². The Balaban J connectivity index is 3.64. The number of rotatable bonds is 5. The lowest BCUT2D eigenvalue weighted by molar-refractivity contribution is -0.0668. The van der Waals surface area contributed by atoms with Crippen molar-refractivity contribution in [1.29, 1.82) is 0 Å². The maximum absolute atomic E-state index is 12.5. The molecule has 1 atom stereocenters. The third kappa shape index (κ3) is 5.13. The summed E-state index contributed by atoms with van der Waals surface area (Å²) in [5.74, 6) is -2.88. The maximum atomic E-state index is 12.5. The van der Waals surface area contributed by atoms with E-state index < -0.39 is 12.5 Å². The Kier molecular flexibility index (Phi) is 4.57. The molecule has 0 aromatic heterocycles. The molecular formula is C8H16F2O. The fraction of sp³-hybridized carbons (Fsp3) is 1.00. The molecule has 0 aromatic rings. The van der Waals surface area contributed by atoms with E-state index >= 15 is 0 Å². The molecule has 0 heterocycles. The van der Waals surface area contributed by atoms with Crippen molar-refractivity contribution in [2.24, 2.45) is 5.92 Å². The highest BCUT2D eigenvalue weighted by Gasteiger charge is 2.29. The summed E-state index contributed by atoms with van der Waals surface area (Å²) in [7, 11) is 0. The van der Waals surface area contributed by atoms with Crippen LogP contribution in [0.2, 0.25) is 0 Å². The second-order valence-corrected chi connectivity index (χ2v) is 3.11. The molecule has 0 amide bonds. The molecule has 0 bridgehead atoms. The summed E-state index contributed by atoms with van der Waals surface area (Å²) in [6, 6.07) is 0. The van der Waals surface area contributed by atoms with Crippen LogP contribution in [0.25, 0.3) is 0 Å². The Morgan fingerprint density at radius 3 is 2.36 bits per heavy atom. The molecule has 0 spiro atoms. The number of aliphatic hydroxyl groups excluding tert-OH is 1. The van der Waals surface area contributed by atoms with Crippen LogP contribution < -0.4 is 0 Å². The van der Waals surface area contributed by atoms with Crippen molar-refractivity contribution in [2.75, 3.05) is 6.61 Å². The average molecular weight is 166 g/mol. The largest absolute Gasteiger partial charge is 0.390 e. The van der Waals surface area contributed by atoms with Crippen LogP contribution in [0.1, 0.15) is 33.1 Å². The summed E-state index contributed by atoms with van der Waals surface area (Å²) in [5.41, 5.74) is 0. The van der Waals surface area contributed by atoms with Gasteiger partial charge in [0, 0.05) is 6.42 Å². The molecule has 3 heteroatoms. The van der Waals surface area contributed by atoms with E-state index in [-0.39, 0.29) is 12.3 Å². The topological polar surface area (TPSA) is 20.2 Å². The monoisotopic (exact) mass is 166 g/mol. The molecule has 0 aromatic carbocycles. The van der Waals surface area contributed by atoms with Gasteiger partial charge in [0.15, 0.2) is 0 Å². The smallest absolute Gasteiger partial charge is 0.270 e. The van der Waals surface area contributed by atoms with Crippen LogP contribution in [0.15, 0.2) is 0 Å². The van der Waals surface area contributed by atoms with Crippen molar-refractivity contribution >= 4 is 0 Å². The van der Waals surface area contributed by atoms with Crippen LogP contribution in [0.4, 0.5) is 8.78 Å². The van der Waals surface area contributed by atoms with Gasteiger partial charge in [0.2, 0.25) is 0 Å². The zero-order valence-electron chi connectivity index (χ0n) is 7.11. The summed E-state index contributed by atoms with van der Waals surface area (Å²) in [4.78, 5) is 0. The number of aliphatic hydroxyl groups is 1. The third-order valence-corrected chi connectivity index (χ3v) is 1.66. The second-order valence-electron chi connectivity index (χ2n) is 3.11. The van der Waals surface area contributed by atoms with Gasteiger partial charge in [-0.3, -0.25) is 0 Å². The van der Waals surface area contributed by atoms with Gasteiger partial charge < -0.3 is 5.11 Å². The van der Waals surface area contributed by atoms with Gasteiger partial charge in [-0.25, -0.2) is 8.78 Å². The van der Waals surface area contributed by atoms with Crippen molar-refractivity contribution in [3.05, 3.63) is 0 Å². The highest BCUT2D eigenvalue weighted by molar-refractivity contribution is 4.67. The number of halogens is 2. The minimum atomic E-state index is -2.88. The summed E-state index contributed by atoms with van der Waals surface area (Å²) >= 11 is 0. The van der Waals surface area contributed by atoms with E-state index in [1.165, 1.54) is 0 Å². The molecule has 0 saturated heterocycles. The van der Waals surface area contributed by atoms with E-state index in [4.69, 9.17) is 5.11 Å². The van der Waals surface area contributed by atoms with Crippen molar-refractivity contribution in [2.45, 2.75) is 39.0 Å². The Labute approximate surface area is 66.4 Å². The Bertz CT molecular complexity index is 104. The van der Waals surface area contributed by atoms with E-state index in [9.17, 15) is 8.78 Å². The Morgan fingerprint density at radius 2 is 2.00 bits per heavy atom. The molecule has 0 fully saturated rings. The minimum absolute atomic E-state index is 0.00199. The van der Waals surface area contributed by atoms with Gasteiger partial charge >= 0.3 is 0 Å². The van der Waals surface area contributed by atoms with Crippen molar-refractivity contribution in [3.8, 4) is 0 Å². The molecule has 0 radical (unpaired) electrons. The molecule has 0 unspecified atom stereocenters. The van der Waals surface area contributed by atoms with Gasteiger partial charge in [-0.15, -0.1) is 0 Å². The average Bonchev–Trinajstić information content (AvgIpc) is 1.87. The van der Waals surface area contributed by atoms with Gasteiger partial charge in [-0.2, -0.15) is 0 Å². The van der Waals surface area contributed by atoms with Gasteiger partial charge in [0.25, 0.3) is 5.92 Å². The summed E-state index contributed by atoms with van der Waals surface area (Å²) in [6.07, 6.45) is 1.52. The van der Waals surface area contributed by atoms with Crippen LogP contribution in [-0.4, -0.2) is 17.6 Å². The molecule has 0 saturated carbocycles. The minimum Gasteiger partial charge on any atom is -0.390 e. The predicted octanol–water partition coefficient (Wildman–Crippen LogP) is 2.44. The number of hydrogen-bond donors (Lipinski definition) is 1. The molecule has 68 valence electrons. The van der Waals surface area contributed by atoms with Crippen LogP contribution in [0, 0.1) is 5.92 Å². The van der Waals surface area contributed by atoms with Crippen LogP contribution >= 0.6 is 0 Å². The molecule has 0 aliphatic heterocycles. The standard InChI is InChI=1S/C8H16F2O/c1-3-4-7(2)5-8(9,10)6-11/h7,11H,3-6H2,1-2H3/t7-/m1/s1. The fourth-order valence-corrected chi connectivity index (χ4v) is 1.17. The van der Waals surface area contributed by atoms with Gasteiger partial charge in [0.1, 0.15) is 6.61 Å².